The fourth-order valence-electron chi connectivity index (χ4n) is 2.81. The maximum Gasteiger partial charge on any atom is 0.0555 e. The average molecular weight is 263 g/mol. The van der Waals surface area contributed by atoms with E-state index in [0.29, 0.717) is 18.5 Å². The Morgan fingerprint density at radius 3 is 2.95 bits per heavy atom. The van der Waals surface area contributed by atoms with Gasteiger partial charge in [-0.3, -0.25) is 0 Å². The molecule has 1 saturated heterocycles. The van der Waals surface area contributed by atoms with Crippen LogP contribution in [0.1, 0.15) is 18.9 Å². The van der Waals surface area contributed by atoms with E-state index in [-0.39, 0.29) is 6.61 Å². The number of nitrogen functional groups attached to an aromatic ring is 1. The largest absolute Gasteiger partial charge is 0.399 e. The minimum Gasteiger partial charge on any atom is -0.399 e. The summed E-state index contributed by atoms with van der Waals surface area (Å²) < 4.78 is 0. The van der Waals surface area contributed by atoms with Gasteiger partial charge in [0.1, 0.15) is 0 Å². The summed E-state index contributed by atoms with van der Waals surface area (Å²) in [7, 11) is 0. The number of anilines is 2. The molecule has 106 valence electrons. The molecule has 4 heteroatoms. The van der Waals surface area contributed by atoms with E-state index in [2.05, 4.69) is 36.2 Å². The molecule has 1 aromatic rings. The maximum atomic E-state index is 8.87. The van der Waals surface area contributed by atoms with E-state index in [1.54, 1.807) is 0 Å². The number of nitrogens with zero attached hydrogens (tertiary/aromatic N) is 1. The van der Waals surface area contributed by atoms with Gasteiger partial charge in [0.25, 0.3) is 0 Å². The molecule has 4 N–H and O–H groups in total. The lowest BCUT2D eigenvalue weighted by atomic mass is 10.0. The summed E-state index contributed by atoms with van der Waals surface area (Å²) >= 11 is 0. The number of nitrogens with one attached hydrogen (secondary N) is 1. The van der Waals surface area contributed by atoms with Gasteiger partial charge in [-0.05, 0) is 43.0 Å². The zero-order chi connectivity index (χ0) is 13.8. The van der Waals surface area contributed by atoms with E-state index in [0.717, 1.165) is 24.3 Å². The van der Waals surface area contributed by atoms with Gasteiger partial charge in [0.2, 0.25) is 0 Å². The third kappa shape index (κ3) is 3.19. The number of aryl methyl sites for hydroxylation is 1. The Hall–Kier alpha value is -1.26. The first-order chi connectivity index (χ1) is 9.13. The van der Waals surface area contributed by atoms with Crippen molar-refractivity contribution in [2.75, 3.05) is 36.9 Å². The molecule has 2 rings (SSSR count). The second-order valence-electron chi connectivity index (χ2n) is 5.50. The standard InChI is InChI=1S/C15H25N3O/c1-11-5-7-18(15(11)10-17-6-8-19)13-3-4-14(16)12(2)9-13/h3-4,9,11,15,17,19H,5-8,10,16H2,1-2H3/t11?,15-/m1/s1. The van der Waals surface area contributed by atoms with Crippen molar-refractivity contribution in [3.8, 4) is 0 Å². The van der Waals surface area contributed by atoms with Gasteiger partial charge < -0.3 is 21.1 Å². The molecule has 1 aliphatic heterocycles. The molecule has 1 aliphatic rings. The fourth-order valence-corrected chi connectivity index (χ4v) is 2.81. The highest BCUT2D eigenvalue weighted by Crippen LogP contribution is 2.30. The first-order valence-electron chi connectivity index (χ1n) is 7.08. The van der Waals surface area contributed by atoms with Crippen molar-refractivity contribution in [2.24, 2.45) is 5.92 Å². The topological polar surface area (TPSA) is 61.5 Å². The van der Waals surface area contributed by atoms with Crippen LogP contribution in [0.15, 0.2) is 18.2 Å². The predicted molar refractivity (Wildman–Crippen MR) is 80.5 cm³/mol. The first-order valence-corrected chi connectivity index (χ1v) is 7.08. The summed E-state index contributed by atoms with van der Waals surface area (Å²) in [6, 6.07) is 6.77. The van der Waals surface area contributed by atoms with Crippen molar-refractivity contribution in [1.82, 2.24) is 5.32 Å². The van der Waals surface area contributed by atoms with E-state index in [1.165, 1.54) is 12.1 Å². The smallest absolute Gasteiger partial charge is 0.0555 e. The lowest BCUT2D eigenvalue weighted by Gasteiger charge is -2.29. The van der Waals surface area contributed by atoms with Gasteiger partial charge in [-0.1, -0.05) is 6.92 Å². The molecule has 0 amide bonds. The zero-order valence-corrected chi connectivity index (χ0v) is 11.9. The second kappa shape index (κ2) is 6.26. The maximum absolute atomic E-state index is 8.87. The number of rotatable bonds is 5. The molecule has 19 heavy (non-hydrogen) atoms. The Morgan fingerprint density at radius 2 is 2.26 bits per heavy atom. The highest BCUT2D eigenvalue weighted by atomic mass is 16.3. The van der Waals surface area contributed by atoms with Crippen molar-refractivity contribution in [3.63, 3.8) is 0 Å². The van der Waals surface area contributed by atoms with Crippen LogP contribution >= 0.6 is 0 Å². The number of nitrogens with two attached hydrogens (primary N) is 1. The van der Waals surface area contributed by atoms with Crippen LogP contribution < -0.4 is 16.0 Å². The van der Waals surface area contributed by atoms with Crippen molar-refractivity contribution in [2.45, 2.75) is 26.3 Å². The summed E-state index contributed by atoms with van der Waals surface area (Å²) in [6.45, 7) is 7.23. The minimum absolute atomic E-state index is 0.197. The van der Waals surface area contributed by atoms with Gasteiger partial charge in [-0.15, -0.1) is 0 Å². The Bertz CT molecular complexity index is 422. The van der Waals surface area contributed by atoms with E-state index in [9.17, 15) is 0 Å². The van der Waals surface area contributed by atoms with Gasteiger partial charge >= 0.3 is 0 Å². The summed E-state index contributed by atoms with van der Waals surface area (Å²) in [5.41, 5.74) is 9.14. The van der Waals surface area contributed by atoms with Gasteiger partial charge in [0.05, 0.1) is 6.61 Å². The highest BCUT2D eigenvalue weighted by molar-refractivity contribution is 5.59. The Labute approximate surface area is 115 Å². The van der Waals surface area contributed by atoms with Crippen LogP contribution in [0.3, 0.4) is 0 Å². The van der Waals surface area contributed by atoms with E-state index in [4.69, 9.17) is 10.8 Å². The Kier molecular flexibility index (Phi) is 4.66. The van der Waals surface area contributed by atoms with Gasteiger partial charge in [0.15, 0.2) is 0 Å². The number of aliphatic hydroxyl groups is 1. The van der Waals surface area contributed by atoms with Crippen LogP contribution in [0.25, 0.3) is 0 Å². The summed E-state index contributed by atoms with van der Waals surface area (Å²) in [6.07, 6.45) is 1.22. The molecule has 0 radical (unpaired) electrons. The van der Waals surface area contributed by atoms with Gasteiger partial charge in [-0.2, -0.15) is 0 Å². The van der Waals surface area contributed by atoms with Crippen molar-refractivity contribution in [1.29, 1.82) is 0 Å². The molecule has 0 saturated carbocycles. The number of benzene rings is 1. The molecule has 2 atom stereocenters. The third-order valence-electron chi connectivity index (χ3n) is 4.11. The molecule has 0 aromatic heterocycles. The molecule has 0 aliphatic carbocycles. The number of hydrogen-bond acceptors (Lipinski definition) is 4. The van der Waals surface area contributed by atoms with Crippen molar-refractivity contribution >= 4 is 11.4 Å². The minimum atomic E-state index is 0.197. The normalized spacial score (nSPS) is 23.0. The van der Waals surface area contributed by atoms with Crippen LogP contribution in [0, 0.1) is 12.8 Å². The summed E-state index contributed by atoms with van der Waals surface area (Å²) in [5.74, 6) is 0.670. The zero-order valence-electron chi connectivity index (χ0n) is 11.9. The van der Waals surface area contributed by atoms with Gasteiger partial charge in [-0.25, -0.2) is 0 Å². The molecular weight excluding hydrogens is 238 g/mol. The molecule has 1 aromatic carbocycles. The van der Waals surface area contributed by atoms with Gasteiger partial charge in [0, 0.05) is 37.1 Å². The molecule has 1 heterocycles. The lowest BCUT2D eigenvalue weighted by Crippen LogP contribution is -2.41. The first kappa shape index (κ1) is 14.2. The second-order valence-corrected chi connectivity index (χ2v) is 5.50. The molecule has 1 fully saturated rings. The van der Waals surface area contributed by atoms with E-state index < -0.39 is 0 Å². The SMILES string of the molecule is Cc1cc(N2CCC(C)[C@H]2CNCCO)ccc1N. The fraction of sp³-hybridized carbons (Fsp3) is 0.600. The molecule has 0 bridgehead atoms. The monoisotopic (exact) mass is 263 g/mol. The Morgan fingerprint density at radius 1 is 1.47 bits per heavy atom. The molecule has 4 nitrogen and oxygen atoms in total. The Balaban J connectivity index is 2.10. The highest BCUT2D eigenvalue weighted by Gasteiger charge is 2.30. The van der Waals surface area contributed by atoms with Crippen LogP contribution in [0.2, 0.25) is 0 Å². The third-order valence-corrected chi connectivity index (χ3v) is 4.11. The number of hydrogen-bond donors (Lipinski definition) is 3. The van der Waals surface area contributed by atoms with E-state index >= 15 is 0 Å². The van der Waals surface area contributed by atoms with E-state index in [1.807, 2.05) is 6.07 Å². The molecule has 0 spiro atoms. The summed E-state index contributed by atoms with van der Waals surface area (Å²) in [5, 5.41) is 12.2. The number of aliphatic hydroxyl groups excluding tert-OH is 1. The van der Waals surface area contributed by atoms with Crippen LogP contribution in [0.5, 0.6) is 0 Å². The van der Waals surface area contributed by atoms with Crippen molar-refractivity contribution in [3.05, 3.63) is 23.8 Å². The lowest BCUT2D eigenvalue weighted by molar-refractivity contribution is 0.289. The summed E-state index contributed by atoms with van der Waals surface area (Å²) in [4.78, 5) is 2.46. The van der Waals surface area contributed by atoms with Crippen LogP contribution in [0.4, 0.5) is 11.4 Å². The van der Waals surface area contributed by atoms with Crippen molar-refractivity contribution < 1.29 is 5.11 Å². The van der Waals surface area contributed by atoms with Crippen LogP contribution in [-0.4, -0.2) is 37.4 Å². The average Bonchev–Trinajstić information content (AvgIpc) is 2.75. The van der Waals surface area contributed by atoms with Crippen LogP contribution in [-0.2, 0) is 0 Å². The predicted octanol–water partition coefficient (Wildman–Crippen LogP) is 1.37. The quantitative estimate of drug-likeness (QED) is 0.555. The molecular formula is C15H25N3O. The molecule has 1 unspecified atom stereocenters.